The fourth-order valence-corrected chi connectivity index (χ4v) is 8.66. The number of rotatable bonds is 55. The summed E-state index contributed by atoms with van der Waals surface area (Å²) in [6.07, 6.45) is 24.8. The summed E-state index contributed by atoms with van der Waals surface area (Å²) in [6, 6.07) is 0. The van der Waals surface area contributed by atoms with Gasteiger partial charge in [-0.2, -0.15) is 0 Å². The standard InChI is InChI=1S/C50H96N4O10.C12H27N.C4H6O.C3H8.C2H6/c1-10-19-28-53(29-20-11-2)34-23-32-51(17-8)36-26-47(58)63-43-50(42-61-45(56)15-6,40-60-39-49(16-7,38-55)41-62-46(57)25-14-5)44-64-48(59)27-37-52(18-9)33-24-35-54(30-21-12-3)31-22-13-4;1-4-7-10-13(11-8-5-2)12-9-6-3;1-3-4(2)5;1-3-2;1-2/h15,55H,6,10-14,16-44H2,1-5,7-9H3;4-12H2,1-3H3;3H,1H2,2H3;3H2,1-2H3;1-2H3. The molecule has 0 aromatic carbocycles. The fraction of sp³-hybridized carbons (Fsp3) is 0.873. The van der Waals surface area contributed by atoms with Gasteiger partial charge < -0.3 is 53.3 Å². The zero-order chi connectivity index (χ0) is 66.8. The highest BCUT2D eigenvalue weighted by atomic mass is 16.6. The van der Waals surface area contributed by atoms with Gasteiger partial charge in [-0.05, 0) is 169 Å². The third-order valence-electron chi connectivity index (χ3n) is 14.8. The van der Waals surface area contributed by atoms with Gasteiger partial charge in [0.1, 0.15) is 26.4 Å². The Kier molecular flexibility index (Phi) is 73.0. The van der Waals surface area contributed by atoms with Gasteiger partial charge in [-0.15, -0.1) is 0 Å². The zero-order valence-corrected chi connectivity index (χ0v) is 59.9. The van der Waals surface area contributed by atoms with E-state index >= 15 is 0 Å². The highest BCUT2D eigenvalue weighted by molar-refractivity contribution is 5.86. The molecule has 1 unspecified atom stereocenters. The predicted octanol–water partition coefficient (Wildman–Crippen LogP) is 14.4. The number of hydrogen-bond donors (Lipinski definition) is 1. The minimum atomic E-state index is -1.28. The number of ether oxygens (including phenoxy) is 5. The number of carbonyl (C=O) groups is 5. The van der Waals surface area contributed by atoms with Crippen molar-refractivity contribution in [2.75, 3.05) is 144 Å². The Morgan fingerprint density at radius 3 is 0.920 bits per heavy atom. The number of hydrogen-bond acceptors (Lipinski definition) is 16. The van der Waals surface area contributed by atoms with Gasteiger partial charge in [-0.1, -0.05) is 168 Å². The molecule has 0 saturated carbocycles. The summed E-state index contributed by atoms with van der Waals surface area (Å²) in [5.41, 5.74) is -2.19. The highest BCUT2D eigenvalue weighted by Gasteiger charge is 2.39. The van der Waals surface area contributed by atoms with Gasteiger partial charge in [0.25, 0.3) is 0 Å². The molecule has 518 valence electrons. The first-order chi connectivity index (χ1) is 41.9. The minimum absolute atomic E-state index is 0.0159. The molecule has 0 aliphatic rings. The van der Waals surface area contributed by atoms with E-state index in [4.69, 9.17) is 23.7 Å². The molecular formula is C71H143N5O11. The molecule has 0 heterocycles. The van der Waals surface area contributed by atoms with Gasteiger partial charge in [0, 0.05) is 25.6 Å². The molecule has 0 aromatic heterocycles. The fourth-order valence-electron chi connectivity index (χ4n) is 8.66. The molecule has 1 N–H and O–H groups in total. The van der Waals surface area contributed by atoms with Crippen LogP contribution >= 0.6 is 0 Å². The third kappa shape index (κ3) is 58.9. The van der Waals surface area contributed by atoms with Gasteiger partial charge >= 0.3 is 23.9 Å². The summed E-state index contributed by atoms with van der Waals surface area (Å²) < 4.78 is 29.1. The van der Waals surface area contributed by atoms with Crippen molar-refractivity contribution in [1.82, 2.24) is 24.5 Å². The van der Waals surface area contributed by atoms with E-state index in [-0.39, 0.29) is 77.3 Å². The molecule has 0 saturated heterocycles. The van der Waals surface area contributed by atoms with Crippen LogP contribution in [0.3, 0.4) is 0 Å². The Hall–Kier alpha value is -3.25. The molecule has 0 aliphatic heterocycles. The Morgan fingerprint density at radius 2 is 0.655 bits per heavy atom. The number of nitrogens with zero attached hydrogens (tertiary/aromatic N) is 5. The van der Waals surface area contributed by atoms with Crippen molar-refractivity contribution in [3.8, 4) is 0 Å². The second-order valence-corrected chi connectivity index (χ2v) is 23.1. The predicted molar refractivity (Wildman–Crippen MR) is 367 cm³/mol. The van der Waals surface area contributed by atoms with Crippen molar-refractivity contribution in [3.05, 3.63) is 25.3 Å². The molecule has 0 aliphatic carbocycles. The van der Waals surface area contributed by atoms with E-state index < -0.39 is 28.7 Å². The third-order valence-corrected chi connectivity index (χ3v) is 14.8. The number of allylic oxidation sites excluding steroid dienone is 1. The van der Waals surface area contributed by atoms with Crippen molar-refractivity contribution in [1.29, 1.82) is 0 Å². The summed E-state index contributed by atoms with van der Waals surface area (Å²) in [5.74, 6) is -1.89. The maximum atomic E-state index is 13.4. The van der Waals surface area contributed by atoms with Crippen LogP contribution in [0.2, 0.25) is 0 Å². The lowest BCUT2D eigenvalue weighted by molar-refractivity contribution is -0.168. The molecule has 0 rings (SSSR count). The molecule has 0 aromatic rings. The smallest absolute Gasteiger partial charge is 0.330 e. The number of carbonyl (C=O) groups excluding carboxylic acids is 5. The zero-order valence-electron chi connectivity index (χ0n) is 59.9. The Labute approximate surface area is 537 Å². The van der Waals surface area contributed by atoms with E-state index in [0.29, 0.717) is 25.9 Å². The average Bonchev–Trinajstić information content (AvgIpc) is 3.45. The summed E-state index contributed by atoms with van der Waals surface area (Å²) in [7, 11) is 0. The topological polar surface area (TPSA) is 168 Å². The maximum absolute atomic E-state index is 13.4. The molecule has 16 nitrogen and oxygen atoms in total. The van der Waals surface area contributed by atoms with Gasteiger partial charge in [0.2, 0.25) is 0 Å². The van der Waals surface area contributed by atoms with E-state index in [1.165, 1.54) is 129 Å². The molecule has 0 fully saturated rings. The average molecular weight is 1240 g/mol. The van der Waals surface area contributed by atoms with Crippen LogP contribution in [-0.2, 0) is 47.7 Å². The van der Waals surface area contributed by atoms with Crippen LogP contribution in [0.5, 0.6) is 0 Å². The maximum Gasteiger partial charge on any atom is 0.330 e. The normalized spacial score (nSPS) is 11.7. The van der Waals surface area contributed by atoms with Crippen LogP contribution in [0.25, 0.3) is 0 Å². The molecule has 0 amide bonds. The summed E-state index contributed by atoms with van der Waals surface area (Å²) in [6.45, 7) is 53.6. The first-order valence-corrected chi connectivity index (χ1v) is 35.1. The Balaban J connectivity index is -0.000000816. The van der Waals surface area contributed by atoms with Crippen LogP contribution in [0, 0.1) is 10.8 Å². The Morgan fingerprint density at radius 1 is 0.379 bits per heavy atom. The van der Waals surface area contributed by atoms with E-state index in [9.17, 15) is 29.1 Å². The number of aliphatic hydroxyl groups excluding tert-OH is 1. The van der Waals surface area contributed by atoms with Gasteiger partial charge in [-0.3, -0.25) is 19.2 Å². The van der Waals surface area contributed by atoms with Crippen molar-refractivity contribution in [2.45, 2.75) is 252 Å². The SMILES string of the molecule is C=CC(=O)OCC(COCC(CC)(CO)COC(=O)CCC)(COC(=O)CCN(CC)CCCN(CCCC)CCCC)COC(=O)CCN(CC)CCCN(CCCC)CCCC.C=CC(C)=O.CC.CCC.CCCCN(CCCC)CCCC. The van der Waals surface area contributed by atoms with Crippen molar-refractivity contribution >= 4 is 29.7 Å². The first-order valence-electron chi connectivity index (χ1n) is 35.1. The monoisotopic (exact) mass is 1240 g/mol. The number of unbranched alkanes of at least 4 members (excludes halogenated alkanes) is 7. The van der Waals surface area contributed by atoms with Crippen molar-refractivity contribution in [2.24, 2.45) is 10.8 Å². The van der Waals surface area contributed by atoms with Crippen molar-refractivity contribution in [3.63, 3.8) is 0 Å². The second-order valence-electron chi connectivity index (χ2n) is 23.1. The van der Waals surface area contributed by atoms with Crippen LogP contribution in [-0.4, -0.2) is 204 Å². The molecule has 0 spiro atoms. The molecule has 0 radical (unpaired) electrons. The molecular weight excluding hydrogens is 1100 g/mol. The molecule has 0 bridgehead atoms. The first kappa shape index (κ1) is 92.5. The van der Waals surface area contributed by atoms with Gasteiger partial charge in [-0.25, -0.2) is 4.79 Å². The Bertz CT molecular complexity index is 1480. The minimum Gasteiger partial charge on any atom is -0.465 e. The van der Waals surface area contributed by atoms with Gasteiger partial charge in [0.05, 0.1) is 43.5 Å². The summed E-state index contributed by atoms with van der Waals surface area (Å²) >= 11 is 0. The summed E-state index contributed by atoms with van der Waals surface area (Å²) in [5, 5.41) is 10.5. The van der Waals surface area contributed by atoms with E-state index in [1.807, 2.05) is 27.7 Å². The quantitative estimate of drug-likeness (QED) is 0.0347. The van der Waals surface area contributed by atoms with Crippen molar-refractivity contribution < 1.29 is 52.8 Å². The largest absolute Gasteiger partial charge is 0.465 e. The van der Waals surface area contributed by atoms with Crippen LogP contribution in [0.1, 0.15) is 252 Å². The van der Waals surface area contributed by atoms with E-state index in [0.717, 1.165) is 84.4 Å². The lowest BCUT2D eigenvalue weighted by Crippen LogP contribution is -2.45. The highest BCUT2D eigenvalue weighted by Crippen LogP contribution is 2.27. The number of ketones is 1. The lowest BCUT2D eigenvalue weighted by Gasteiger charge is -2.35. The van der Waals surface area contributed by atoms with E-state index in [1.54, 1.807) is 0 Å². The lowest BCUT2D eigenvalue weighted by atomic mass is 9.87. The molecule has 16 heteroatoms. The molecule has 1 atom stereocenters. The van der Waals surface area contributed by atoms with Crippen LogP contribution < -0.4 is 0 Å². The number of esters is 4. The number of aliphatic hydroxyl groups is 1. The molecule has 87 heavy (non-hydrogen) atoms. The second kappa shape index (κ2) is 68.7. The van der Waals surface area contributed by atoms with Crippen LogP contribution in [0.4, 0.5) is 0 Å². The van der Waals surface area contributed by atoms with Crippen LogP contribution in [0.15, 0.2) is 25.3 Å². The van der Waals surface area contributed by atoms with Gasteiger partial charge in [0.15, 0.2) is 5.78 Å². The van der Waals surface area contributed by atoms with E-state index in [2.05, 4.69) is 114 Å². The summed E-state index contributed by atoms with van der Waals surface area (Å²) in [4.78, 5) is 73.5.